The van der Waals surface area contributed by atoms with Crippen LogP contribution < -0.4 is 5.73 Å². The van der Waals surface area contributed by atoms with Crippen molar-refractivity contribution in [2.24, 2.45) is 0 Å². The molecule has 2 nitrogen and oxygen atoms in total. The molecule has 0 saturated heterocycles. The molecule has 0 unspecified atom stereocenters. The lowest BCUT2D eigenvalue weighted by Gasteiger charge is -1.92. The largest absolute Gasteiger partial charge is 0.397 e. The number of halogens is 1. The molecule has 1 aromatic heterocycles. The Balaban J connectivity index is 0.000000605. The Bertz CT molecular complexity index is 354. The fraction of sp³-hybridized carbons (Fsp3) is 0. The molecule has 11 heavy (non-hydrogen) atoms. The van der Waals surface area contributed by atoms with E-state index in [1.165, 1.54) is 5.39 Å². The standard InChI is InChI=1S/C8H8N2.ClH/c9-7-3-1-2-6-4-5-10-8(6)7;/h1-5,10H,9H2;1H. The Morgan fingerprint density at radius 2 is 2.00 bits per heavy atom. The van der Waals surface area contributed by atoms with Gasteiger partial charge in [0.1, 0.15) is 0 Å². The smallest absolute Gasteiger partial charge is 0.0687 e. The SMILES string of the molecule is Cl.Nc1cccc2cc[nH]c12. The van der Waals surface area contributed by atoms with Crippen molar-refractivity contribution in [2.75, 3.05) is 5.73 Å². The summed E-state index contributed by atoms with van der Waals surface area (Å²) in [4.78, 5) is 3.06. The predicted molar refractivity (Wildman–Crippen MR) is 50.0 cm³/mol. The third-order valence-corrected chi connectivity index (χ3v) is 1.62. The molecule has 0 aliphatic heterocycles. The molecule has 2 aromatic rings. The van der Waals surface area contributed by atoms with Crippen molar-refractivity contribution in [3.8, 4) is 0 Å². The van der Waals surface area contributed by atoms with Crippen LogP contribution in [0.4, 0.5) is 5.69 Å². The summed E-state index contributed by atoms with van der Waals surface area (Å²) in [7, 11) is 0. The molecule has 0 spiro atoms. The quantitative estimate of drug-likeness (QED) is 0.582. The minimum absolute atomic E-state index is 0. The van der Waals surface area contributed by atoms with Crippen LogP contribution in [0.5, 0.6) is 0 Å². The van der Waals surface area contributed by atoms with Crippen LogP contribution in [-0.4, -0.2) is 4.98 Å². The number of aromatic nitrogens is 1. The molecule has 3 heteroatoms. The van der Waals surface area contributed by atoms with Crippen molar-refractivity contribution >= 4 is 29.0 Å². The van der Waals surface area contributed by atoms with Gasteiger partial charge in [-0.25, -0.2) is 0 Å². The Kier molecular flexibility index (Phi) is 2.06. The first-order valence-corrected chi connectivity index (χ1v) is 3.19. The third-order valence-electron chi connectivity index (χ3n) is 1.62. The molecule has 0 aliphatic rings. The summed E-state index contributed by atoms with van der Waals surface area (Å²) in [6, 6.07) is 7.87. The third kappa shape index (κ3) is 1.17. The number of hydrogen-bond donors (Lipinski definition) is 2. The molecule has 1 aromatic carbocycles. The van der Waals surface area contributed by atoms with E-state index >= 15 is 0 Å². The van der Waals surface area contributed by atoms with E-state index in [9.17, 15) is 0 Å². The maximum absolute atomic E-state index is 5.67. The van der Waals surface area contributed by atoms with E-state index in [1.54, 1.807) is 0 Å². The molecule has 1 heterocycles. The van der Waals surface area contributed by atoms with Crippen molar-refractivity contribution in [1.29, 1.82) is 0 Å². The second-order valence-electron chi connectivity index (χ2n) is 2.29. The first-order chi connectivity index (χ1) is 4.88. The lowest BCUT2D eigenvalue weighted by Crippen LogP contribution is -1.84. The fourth-order valence-corrected chi connectivity index (χ4v) is 1.11. The number of fused-ring (bicyclic) bond motifs is 1. The van der Waals surface area contributed by atoms with Gasteiger partial charge in [0.05, 0.1) is 11.2 Å². The highest BCUT2D eigenvalue weighted by Crippen LogP contribution is 2.17. The van der Waals surface area contributed by atoms with E-state index in [4.69, 9.17) is 5.73 Å². The van der Waals surface area contributed by atoms with Crippen LogP contribution in [0.3, 0.4) is 0 Å². The minimum atomic E-state index is 0. The van der Waals surface area contributed by atoms with Crippen LogP contribution in [0.25, 0.3) is 10.9 Å². The average molecular weight is 169 g/mol. The van der Waals surface area contributed by atoms with Crippen LogP contribution in [0, 0.1) is 0 Å². The number of benzene rings is 1. The van der Waals surface area contributed by atoms with E-state index in [1.807, 2.05) is 30.5 Å². The lowest BCUT2D eigenvalue weighted by molar-refractivity contribution is 1.48. The molecule has 0 radical (unpaired) electrons. The molecule has 0 amide bonds. The second kappa shape index (κ2) is 2.84. The van der Waals surface area contributed by atoms with Crippen LogP contribution in [-0.2, 0) is 0 Å². The number of nitrogen functional groups attached to an aromatic ring is 1. The lowest BCUT2D eigenvalue weighted by atomic mass is 10.2. The van der Waals surface area contributed by atoms with Gasteiger partial charge in [-0.3, -0.25) is 0 Å². The zero-order chi connectivity index (χ0) is 6.97. The van der Waals surface area contributed by atoms with E-state index in [-0.39, 0.29) is 12.4 Å². The number of para-hydroxylation sites is 1. The Morgan fingerprint density at radius 1 is 1.18 bits per heavy atom. The van der Waals surface area contributed by atoms with Crippen molar-refractivity contribution in [3.63, 3.8) is 0 Å². The van der Waals surface area contributed by atoms with Gasteiger partial charge in [0, 0.05) is 11.6 Å². The number of hydrogen-bond acceptors (Lipinski definition) is 1. The van der Waals surface area contributed by atoms with Gasteiger partial charge in [0.25, 0.3) is 0 Å². The number of nitrogens with one attached hydrogen (secondary N) is 1. The molecule has 3 N–H and O–H groups in total. The molecule has 0 bridgehead atoms. The number of H-pyrrole nitrogens is 1. The maximum Gasteiger partial charge on any atom is 0.0687 e. The van der Waals surface area contributed by atoms with Crippen LogP contribution in [0.15, 0.2) is 30.5 Å². The summed E-state index contributed by atoms with van der Waals surface area (Å²) in [5.41, 5.74) is 7.51. The summed E-state index contributed by atoms with van der Waals surface area (Å²) in [5.74, 6) is 0. The highest BCUT2D eigenvalue weighted by Gasteiger charge is 1.94. The molecule has 0 atom stereocenters. The normalized spacial score (nSPS) is 9.45. The van der Waals surface area contributed by atoms with Gasteiger partial charge in [-0.2, -0.15) is 0 Å². The Hall–Kier alpha value is -1.15. The Labute approximate surface area is 70.8 Å². The maximum atomic E-state index is 5.67. The molecule has 58 valence electrons. The number of aromatic amines is 1. The van der Waals surface area contributed by atoms with Crippen molar-refractivity contribution in [1.82, 2.24) is 4.98 Å². The first kappa shape index (κ1) is 7.95. The van der Waals surface area contributed by atoms with E-state index in [0.29, 0.717) is 0 Å². The Morgan fingerprint density at radius 3 is 2.73 bits per heavy atom. The molecule has 0 saturated carbocycles. The molecule has 0 fully saturated rings. The summed E-state index contributed by atoms with van der Waals surface area (Å²) in [6.45, 7) is 0. The zero-order valence-corrected chi connectivity index (χ0v) is 6.69. The number of rotatable bonds is 0. The number of anilines is 1. The van der Waals surface area contributed by atoms with E-state index in [2.05, 4.69) is 4.98 Å². The van der Waals surface area contributed by atoms with Crippen molar-refractivity contribution in [3.05, 3.63) is 30.5 Å². The summed E-state index contributed by atoms with van der Waals surface area (Å²) in [5, 5.41) is 1.17. The van der Waals surface area contributed by atoms with Crippen molar-refractivity contribution in [2.45, 2.75) is 0 Å². The molecule has 0 aliphatic carbocycles. The fourth-order valence-electron chi connectivity index (χ4n) is 1.11. The van der Waals surface area contributed by atoms with Gasteiger partial charge in [0.15, 0.2) is 0 Å². The average Bonchev–Trinajstić information content (AvgIpc) is 2.36. The first-order valence-electron chi connectivity index (χ1n) is 3.19. The van der Waals surface area contributed by atoms with Crippen LogP contribution in [0.1, 0.15) is 0 Å². The molecule has 2 rings (SSSR count). The van der Waals surface area contributed by atoms with E-state index in [0.717, 1.165) is 11.2 Å². The van der Waals surface area contributed by atoms with Gasteiger partial charge >= 0.3 is 0 Å². The highest BCUT2D eigenvalue weighted by atomic mass is 35.5. The molecular formula is C8H9ClN2. The summed E-state index contributed by atoms with van der Waals surface area (Å²) >= 11 is 0. The minimum Gasteiger partial charge on any atom is -0.397 e. The van der Waals surface area contributed by atoms with Gasteiger partial charge in [-0.1, -0.05) is 12.1 Å². The van der Waals surface area contributed by atoms with Crippen LogP contribution >= 0.6 is 12.4 Å². The highest BCUT2D eigenvalue weighted by molar-refractivity contribution is 5.89. The number of nitrogens with two attached hydrogens (primary N) is 1. The topological polar surface area (TPSA) is 41.8 Å². The monoisotopic (exact) mass is 168 g/mol. The summed E-state index contributed by atoms with van der Waals surface area (Å²) < 4.78 is 0. The predicted octanol–water partition coefficient (Wildman–Crippen LogP) is 2.17. The van der Waals surface area contributed by atoms with Crippen molar-refractivity contribution < 1.29 is 0 Å². The van der Waals surface area contributed by atoms with Gasteiger partial charge in [0.2, 0.25) is 0 Å². The zero-order valence-electron chi connectivity index (χ0n) is 5.87. The van der Waals surface area contributed by atoms with Gasteiger partial charge < -0.3 is 10.7 Å². The van der Waals surface area contributed by atoms with Gasteiger partial charge in [-0.15, -0.1) is 12.4 Å². The molecular weight excluding hydrogens is 160 g/mol. The summed E-state index contributed by atoms with van der Waals surface area (Å²) in [6.07, 6.45) is 1.89. The van der Waals surface area contributed by atoms with Gasteiger partial charge in [-0.05, 0) is 12.1 Å². The second-order valence-corrected chi connectivity index (χ2v) is 2.29. The van der Waals surface area contributed by atoms with Crippen LogP contribution in [0.2, 0.25) is 0 Å². The van der Waals surface area contributed by atoms with E-state index < -0.39 is 0 Å².